The van der Waals surface area contributed by atoms with E-state index in [2.05, 4.69) is 4.74 Å². The van der Waals surface area contributed by atoms with Crippen molar-refractivity contribution in [1.82, 2.24) is 0 Å². The predicted octanol–water partition coefficient (Wildman–Crippen LogP) is 0.523. The molecule has 4 heteroatoms. The number of hydrogen-bond acceptors (Lipinski definition) is 4. The maximum Gasteiger partial charge on any atom is 0.349 e. The van der Waals surface area contributed by atoms with E-state index in [0.717, 1.165) is 6.08 Å². The number of allylic oxidation sites excluding steroid dienone is 1. The van der Waals surface area contributed by atoms with Crippen molar-refractivity contribution in [2.24, 2.45) is 0 Å². The SMILES string of the molecule is CCOC(=O)/C(C#N)=C\C#N. The smallest absolute Gasteiger partial charge is 0.349 e. The highest BCUT2D eigenvalue weighted by atomic mass is 16.5. The molecule has 0 saturated carbocycles. The highest BCUT2D eigenvalue weighted by Crippen LogP contribution is 1.94. The van der Waals surface area contributed by atoms with Gasteiger partial charge in [0.15, 0.2) is 0 Å². The lowest BCUT2D eigenvalue weighted by atomic mass is 10.3. The van der Waals surface area contributed by atoms with Gasteiger partial charge in [0, 0.05) is 6.08 Å². The highest BCUT2D eigenvalue weighted by molar-refractivity contribution is 5.93. The molecular weight excluding hydrogens is 144 g/mol. The summed E-state index contributed by atoms with van der Waals surface area (Å²) in [7, 11) is 0. The van der Waals surface area contributed by atoms with E-state index in [1.807, 2.05) is 0 Å². The Labute approximate surface area is 64.3 Å². The molecule has 0 N–H and O–H groups in total. The summed E-state index contributed by atoms with van der Waals surface area (Å²) in [6, 6.07) is 3.12. The van der Waals surface area contributed by atoms with E-state index in [1.165, 1.54) is 0 Å². The number of ether oxygens (including phenoxy) is 1. The van der Waals surface area contributed by atoms with Crippen LogP contribution >= 0.6 is 0 Å². The molecule has 0 atom stereocenters. The predicted molar refractivity (Wildman–Crippen MR) is 35.9 cm³/mol. The first-order valence-electron chi connectivity index (χ1n) is 2.93. The van der Waals surface area contributed by atoms with Gasteiger partial charge >= 0.3 is 5.97 Å². The van der Waals surface area contributed by atoms with Crippen molar-refractivity contribution in [3.05, 3.63) is 11.6 Å². The maximum atomic E-state index is 10.7. The lowest BCUT2D eigenvalue weighted by molar-refractivity contribution is -0.138. The van der Waals surface area contributed by atoms with Gasteiger partial charge in [0.1, 0.15) is 11.6 Å². The van der Waals surface area contributed by atoms with Gasteiger partial charge < -0.3 is 4.74 Å². The fourth-order valence-electron chi connectivity index (χ4n) is 0.410. The average molecular weight is 150 g/mol. The number of hydrogen-bond donors (Lipinski definition) is 0. The molecule has 0 bridgehead atoms. The van der Waals surface area contributed by atoms with Crippen LogP contribution in [0.2, 0.25) is 0 Å². The molecule has 0 heterocycles. The third-order valence-corrected chi connectivity index (χ3v) is 0.825. The summed E-state index contributed by atoms with van der Waals surface area (Å²) in [5.41, 5.74) is -0.269. The van der Waals surface area contributed by atoms with Gasteiger partial charge in [0.05, 0.1) is 12.7 Å². The summed E-state index contributed by atoms with van der Waals surface area (Å²) in [6.45, 7) is 1.82. The minimum absolute atomic E-state index is 0.198. The number of esters is 1. The first-order valence-corrected chi connectivity index (χ1v) is 2.93. The van der Waals surface area contributed by atoms with Gasteiger partial charge in [0.25, 0.3) is 0 Å². The molecule has 0 saturated heterocycles. The standard InChI is InChI=1S/C7H6N2O2/c1-2-11-7(10)6(5-9)3-4-8/h3H,2H2,1H3/b6-3-. The third-order valence-electron chi connectivity index (χ3n) is 0.825. The van der Waals surface area contributed by atoms with Gasteiger partial charge in [-0.15, -0.1) is 0 Å². The molecule has 4 nitrogen and oxygen atoms in total. The summed E-state index contributed by atoms with van der Waals surface area (Å²) in [6.07, 6.45) is 0.859. The van der Waals surface area contributed by atoms with Gasteiger partial charge in [0.2, 0.25) is 0 Å². The van der Waals surface area contributed by atoms with Gasteiger partial charge in [-0.05, 0) is 6.92 Å². The number of carbonyl (C=O) groups excluding carboxylic acids is 1. The molecule has 56 valence electrons. The summed E-state index contributed by atoms with van der Waals surface area (Å²) in [5, 5.41) is 16.4. The Kier molecular flexibility index (Phi) is 4.19. The lowest BCUT2D eigenvalue weighted by Gasteiger charge is -1.95. The van der Waals surface area contributed by atoms with E-state index in [0.29, 0.717) is 0 Å². The largest absolute Gasteiger partial charge is 0.462 e. The van der Waals surface area contributed by atoms with Crippen molar-refractivity contribution < 1.29 is 9.53 Å². The third kappa shape index (κ3) is 3.02. The highest BCUT2D eigenvalue weighted by Gasteiger charge is 2.07. The van der Waals surface area contributed by atoms with Gasteiger partial charge in [-0.2, -0.15) is 10.5 Å². The summed E-state index contributed by atoms with van der Waals surface area (Å²) >= 11 is 0. The van der Waals surface area contributed by atoms with E-state index in [9.17, 15) is 4.79 Å². The Bertz CT molecular complexity index is 255. The molecule has 0 rings (SSSR count). The molecule has 0 amide bonds. The van der Waals surface area contributed by atoms with Crippen LogP contribution in [-0.4, -0.2) is 12.6 Å². The molecule has 0 aliphatic carbocycles. The second-order valence-corrected chi connectivity index (χ2v) is 1.52. The molecular formula is C7H6N2O2. The summed E-state index contributed by atoms with van der Waals surface area (Å²) in [5.74, 6) is -0.753. The second-order valence-electron chi connectivity index (χ2n) is 1.52. The molecule has 0 spiro atoms. The zero-order valence-corrected chi connectivity index (χ0v) is 6.00. The van der Waals surface area contributed by atoms with E-state index in [1.54, 1.807) is 19.1 Å². The Balaban J connectivity index is 4.33. The quantitative estimate of drug-likeness (QED) is 0.327. The molecule has 0 radical (unpaired) electrons. The first kappa shape index (κ1) is 9.19. The van der Waals surface area contributed by atoms with E-state index >= 15 is 0 Å². The minimum atomic E-state index is -0.753. The van der Waals surface area contributed by atoms with Crippen LogP contribution in [0.3, 0.4) is 0 Å². The van der Waals surface area contributed by atoms with Crippen LogP contribution in [0.1, 0.15) is 6.92 Å². The monoisotopic (exact) mass is 150 g/mol. The Hall–Kier alpha value is -1.81. The molecule has 0 aliphatic rings. The van der Waals surface area contributed by atoms with Crippen LogP contribution in [0.25, 0.3) is 0 Å². The number of nitrogens with zero attached hydrogens (tertiary/aromatic N) is 2. The van der Waals surface area contributed by atoms with Crippen molar-refractivity contribution in [2.45, 2.75) is 6.92 Å². The van der Waals surface area contributed by atoms with Crippen molar-refractivity contribution >= 4 is 5.97 Å². The molecule has 0 aliphatic heterocycles. The maximum absolute atomic E-state index is 10.7. The Morgan fingerprint density at radius 1 is 1.64 bits per heavy atom. The van der Waals surface area contributed by atoms with E-state index in [-0.39, 0.29) is 12.2 Å². The van der Waals surface area contributed by atoms with Crippen LogP contribution < -0.4 is 0 Å². The molecule has 0 aromatic rings. The van der Waals surface area contributed by atoms with E-state index in [4.69, 9.17) is 10.5 Å². The van der Waals surface area contributed by atoms with Crippen LogP contribution in [-0.2, 0) is 9.53 Å². The van der Waals surface area contributed by atoms with Crippen LogP contribution in [0, 0.1) is 22.7 Å². The van der Waals surface area contributed by atoms with Gasteiger partial charge in [-0.3, -0.25) is 0 Å². The zero-order valence-electron chi connectivity index (χ0n) is 6.00. The molecule has 0 fully saturated rings. The number of rotatable bonds is 2. The van der Waals surface area contributed by atoms with Crippen molar-refractivity contribution in [3.8, 4) is 12.1 Å². The van der Waals surface area contributed by atoms with Gasteiger partial charge in [-0.25, -0.2) is 4.79 Å². The number of nitriles is 2. The molecule has 0 aromatic carbocycles. The summed E-state index contributed by atoms with van der Waals surface area (Å²) < 4.78 is 4.47. The second kappa shape index (κ2) is 5.01. The lowest BCUT2D eigenvalue weighted by Crippen LogP contribution is -2.05. The van der Waals surface area contributed by atoms with Crippen molar-refractivity contribution in [3.63, 3.8) is 0 Å². The first-order chi connectivity index (χ1) is 5.26. The fraction of sp³-hybridized carbons (Fsp3) is 0.286. The summed E-state index contributed by atoms with van der Waals surface area (Å²) in [4.78, 5) is 10.7. The van der Waals surface area contributed by atoms with Crippen LogP contribution in [0.5, 0.6) is 0 Å². The van der Waals surface area contributed by atoms with Crippen molar-refractivity contribution in [1.29, 1.82) is 10.5 Å². The molecule has 0 aromatic heterocycles. The van der Waals surface area contributed by atoms with Gasteiger partial charge in [-0.1, -0.05) is 0 Å². The normalized spacial score (nSPS) is 9.55. The number of carbonyl (C=O) groups is 1. The Morgan fingerprint density at radius 2 is 2.27 bits per heavy atom. The van der Waals surface area contributed by atoms with Crippen LogP contribution in [0.15, 0.2) is 11.6 Å². The minimum Gasteiger partial charge on any atom is -0.462 e. The van der Waals surface area contributed by atoms with Crippen molar-refractivity contribution in [2.75, 3.05) is 6.61 Å². The molecule has 11 heavy (non-hydrogen) atoms. The van der Waals surface area contributed by atoms with E-state index < -0.39 is 5.97 Å². The van der Waals surface area contributed by atoms with Crippen LogP contribution in [0.4, 0.5) is 0 Å². The fourth-order valence-corrected chi connectivity index (χ4v) is 0.410. The topological polar surface area (TPSA) is 73.9 Å². The zero-order chi connectivity index (χ0) is 8.69. The molecule has 0 unspecified atom stereocenters. The average Bonchev–Trinajstić information content (AvgIpc) is 2.00. The Morgan fingerprint density at radius 3 is 2.64 bits per heavy atom.